The van der Waals surface area contributed by atoms with E-state index in [1.54, 1.807) is 0 Å². The largest absolute Gasteiger partial charge is 0.466 e. The molecular weight excluding hydrogens is 408 g/mol. The molecule has 0 radical (unpaired) electrons. The van der Waals surface area contributed by atoms with E-state index in [1.807, 2.05) is 37.3 Å². The van der Waals surface area contributed by atoms with E-state index in [1.165, 1.54) is 0 Å². The molecule has 0 aliphatic rings. The van der Waals surface area contributed by atoms with Gasteiger partial charge < -0.3 is 4.74 Å². The number of esters is 1. The molecule has 0 N–H and O–H groups in total. The molecule has 1 aromatic carbocycles. The maximum atomic E-state index is 13.7. The van der Waals surface area contributed by atoms with Crippen molar-refractivity contribution in [1.82, 2.24) is 0 Å². The molecule has 3 heteroatoms. The van der Waals surface area contributed by atoms with Gasteiger partial charge in [0.05, 0.1) is 12.5 Å². The normalized spacial score (nSPS) is 16.0. The molecule has 0 saturated heterocycles. The predicted octanol–water partition coefficient (Wildman–Crippen LogP) is 7.91. The Bertz CT molecular complexity index is 708. The molecule has 1 aromatic rings. The topological polar surface area (TPSA) is 43.4 Å². The summed E-state index contributed by atoms with van der Waals surface area (Å²) in [7, 11) is 0. The van der Waals surface area contributed by atoms with Gasteiger partial charge in [0.2, 0.25) is 0 Å². The number of ketones is 1. The molecule has 0 aromatic heterocycles. The maximum absolute atomic E-state index is 13.7. The fourth-order valence-corrected chi connectivity index (χ4v) is 5.27. The summed E-state index contributed by atoms with van der Waals surface area (Å²) in [6, 6.07) is 9.96. The van der Waals surface area contributed by atoms with Crippen LogP contribution in [0.4, 0.5) is 0 Å². The van der Waals surface area contributed by atoms with Gasteiger partial charge >= 0.3 is 5.97 Å². The van der Waals surface area contributed by atoms with Crippen molar-refractivity contribution in [2.24, 2.45) is 34.5 Å². The van der Waals surface area contributed by atoms with Crippen molar-refractivity contribution in [1.29, 1.82) is 0 Å². The minimum absolute atomic E-state index is 0.0145. The van der Waals surface area contributed by atoms with Crippen LogP contribution in [0.25, 0.3) is 0 Å². The zero-order valence-electron chi connectivity index (χ0n) is 22.9. The standard InChI is InChI=1S/C30H50O3/c1-10-33-28(32)25(18-24-14-12-11-13-15-24)19-27(31)26(23(3)21-30(7,8)9)17-16-22(2)20-29(4,5)6/h11-15,22-23,25-26H,10,16-21H2,1-9H3/t22?,23?,25-,26?/m1/s1. The molecule has 1 rings (SSSR count). The van der Waals surface area contributed by atoms with Crippen LogP contribution in [0, 0.1) is 34.5 Å². The highest BCUT2D eigenvalue weighted by Crippen LogP contribution is 2.35. The number of Topliss-reactive ketones (excluding diaryl/α,β-unsaturated/α-hetero) is 1. The minimum Gasteiger partial charge on any atom is -0.466 e. The molecule has 0 heterocycles. The Morgan fingerprint density at radius 1 is 0.879 bits per heavy atom. The van der Waals surface area contributed by atoms with Crippen LogP contribution in [-0.4, -0.2) is 18.4 Å². The predicted molar refractivity (Wildman–Crippen MR) is 139 cm³/mol. The summed E-state index contributed by atoms with van der Waals surface area (Å²) < 4.78 is 5.36. The van der Waals surface area contributed by atoms with Crippen molar-refractivity contribution in [2.75, 3.05) is 6.61 Å². The first-order valence-corrected chi connectivity index (χ1v) is 12.9. The van der Waals surface area contributed by atoms with Crippen molar-refractivity contribution < 1.29 is 14.3 Å². The summed E-state index contributed by atoms with van der Waals surface area (Å²) in [5, 5.41) is 0. The van der Waals surface area contributed by atoms with E-state index in [-0.39, 0.29) is 29.5 Å². The van der Waals surface area contributed by atoms with E-state index >= 15 is 0 Å². The van der Waals surface area contributed by atoms with Gasteiger partial charge in [-0.1, -0.05) is 85.7 Å². The number of rotatable bonds is 13. The van der Waals surface area contributed by atoms with Crippen LogP contribution < -0.4 is 0 Å². The Morgan fingerprint density at radius 3 is 1.97 bits per heavy atom. The van der Waals surface area contributed by atoms with Crippen molar-refractivity contribution in [3.63, 3.8) is 0 Å². The average molecular weight is 459 g/mol. The molecular formula is C30H50O3. The zero-order chi connectivity index (χ0) is 25.2. The van der Waals surface area contributed by atoms with E-state index in [0.717, 1.165) is 31.2 Å². The number of ether oxygens (including phenoxy) is 1. The van der Waals surface area contributed by atoms with Crippen molar-refractivity contribution >= 4 is 11.8 Å². The zero-order valence-corrected chi connectivity index (χ0v) is 22.9. The van der Waals surface area contributed by atoms with E-state index in [9.17, 15) is 9.59 Å². The van der Waals surface area contributed by atoms with Crippen LogP contribution in [0.15, 0.2) is 30.3 Å². The van der Waals surface area contributed by atoms with E-state index in [0.29, 0.717) is 30.3 Å². The van der Waals surface area contributed by atoms with Gasteiger partial charge in [-0.2, -0.15) is 0 Å². The average Bonchev–Trinajstić information content (AvgIpc) is 2.65. The van der Waals surface area contributed by atoms with Crippen molar-refractivity contribution in [3.05, 3.63) is 35.9 Å². The van der Waals surface area contributed by atoms with Gasteiger partial charge in [-0.3, -0.25) is 9.59 Å². The first-order valence-electron chi connectivity index (χ1n) is 12.9. The molecule has 0 fully saturated rings. The molecule has 33 heavy (non-hydrogen) atoms. The van der Waals surface area contributed by atoms with E-state index < -0.39 is 5.92 Å². The highest BCUT2D eigenvalue weighted by atomic mass is 16.5. The number of carbonyl (C=O) groups is 2. The van der Waals surface area contributed by atoms with Gasteiger partial charge in [0.15, 0.2) is 0 Å². The molecule has 3 unspecified atom stereocenters. The lowest BCUT2D eigenvalue weighted by Crippen LogP contribution is -2.31. The number of hydrogen-bond donors (Lipinski definition) is 0. The van der Waals surface area contributed by atoms with Crippen LogP contribution in [0.3, 0.4) is 0 Å². The molecule has 0 amide bonds. The summed E-state index contributed by atoms with van der Waals surface area (Å²) >= 11 is 0. The smallest absolute Gasteiger partial charge is 0.309 e. The van der Waals surface area contributed by atoms with Gasteiger partial charge in [-0.05, 0) is 67.3 Å². The fourth-order valence-electron chi connectivity index (χ4n) is 5.27. The maximum Gasteiger partial charge on any atom is 0.309 e. The summed E-state index contributed by atoms with van der Waals surface area (Å²) in [6.07, 6.45) is 4.91. The summed E-state index contributed by atoms with van der Waals surface area (Å²) in [6.45, 7) is 20.2. The van der Waals surface area contributed by atoms with Crippen LogP contribution in [0.2, 0.25) is 0 Å². The molecule has 3 nitrogen and oxygen atoms in total. The van der Waals surface area contributed by atoms with Crippen LogP contribution in [-0.2, 0) is 20.7 Å². The quantitative estimate of drug-likeness (QED) is 0.282. The van der Waals surface area contributed by atoms with Gasteiger partial charge in [-0.25, -0.2) is 0 Å². The van der Waals surface area contributed by atoms with Crippen molar-refractivity contribution in [2.45, 2.75) is 101 Å². The molecule has 0 aliphatic heterocycles. The highest BCUT2D eigenvalue weighted by molar-refractivity contribution is 5.86. The minimum atomic E-state index is -0.420. The second kappa shape index (κ2) is 13.3. The van der Waals surface area contributed by atoms with Crippen LogP contribution in [0.1, 0.15) is 100.0 Å². The number of carbonyl (C=O) groups excluding carboxylic acids is 2. The van der Waals surface area contributed by atoms with Gasteiger partial charge in [0.1, 0.15) is 5.78 Å². The van der Waals surface area contributed by atoms with Gasteiger partial charge in [0, 0.05) is 12.3 Å². The lowest BCUT2D eigenvalue weighted by molar-refractivity contribution is -0.150. The van der Waals surface area contributed by atoms with E-state index in [4.69, 9.17) is 4.74 Å². The second-order valence-electron chi connectivity index (χ2n) is 12.6. The number of benzene rings is 1. The monoisotopic (exact) mass is 458 g/mol. The third-order valence-electron chi connectivity index (χ3n) is 6.36. The lowest BCUT2D eigenvalue weighted by Gasteiger charge is -2.31. The fraction of sp³-hybridized carbons (Fsp3) is 0.733. The van der Waals surface area contributed by atoms with Gasteiger partial charge in [-0.15, -0.1) is 0 Å². The summed E-state index contributed by atoms with van der Waals surface area (Å²) in [4.78, 5) is 26.4. The Kier molecular flexibility index (Phi) is 11.8. The lowest BCUT2D eigenvalue weighted by atomic mass is 9.73. The first kappa shape index (κ1) is 29.4. The van der Waals surface area contributed by atoms with Gasteiger partial charge in [0.25, 0.3) is 0 Å². The summed E-state index contributed by atoms with van der Waals surface area (Å²) in [5.74, 6) is 0.406. The third-order valence-corrected chi connectivity index (χ3v) is 6.36. The third kappa shape index (κ3) is 12.4. The highest BCUT2D eigenvalue weighted by Gasteiger charge is 2.32. The first-order chi connectivity index (χ1) is 15.2. The molecule has 0 aliphatic carbocycles. The Morgan fingerprint density at radius 2 is 1.45 bits per heavy atom. The molecule has 4 atom stereocenters. The Labute approximate surface area is 204 Å². The molecule has 188 valence electrons. The Hall–Kier alpha value is -1.64. The molecule has 0 bridgehead atoms. The SMILES string of the molecule is CCOC(=O)[C@@H](CC(=O)C(CCC(C)CC(C)(C)C)C(C)CC(C)(C)C)Cc1ccccc1. The Balaban J connectivity index is 3.01. The van der Waals surface area contributed by atoms with Crippen molar-refractivity contribution in [3.8, 4) is 0 Å². The summed E-state index contributed by atoms with van der Waals surface area (Å²) in [5.41, 5.74) is 1.53. The van der Waals surface area contributed by atoms with Crippen LogP contribution >= 0.6 is 0 Å². The number of hydrogen-bond acceptors (Lipinski definition) is 3. The second-order valence-corrected chi connectivity index (χ2v) is 12.6. The van der Waals surface area contributed by atoms with Crippen LogP contribution in [0.5, 0.6) is 0 Å². The van der Waals surface area contributed by atoms with E-state index in [2.05, 4.69) is 55.4 Å². The molecule has 0 spiro atoms. The molecule has 0 saturated carbocycles.